The van der Waals surface area contributed by atoms with Gasteiger partial charge in [-0.25, -0.2) is 0 Å². The minimum Gasteiger partial charge on any atom is -0.432 e. The second kappa shape index (κ2) is 6.65. The van der Waals surface area contributed by atoms with Gasteiger partial charge in [0, 0.05) is 13.3 Å². The fraction of sp³-hybridized carbons (Fsp3) is 0.500. The maximum Gasteiger partial charge on any atom is 0.307 e. The van der Waals surface area contributed by atoms with Crippen molar-refractivity contribution < 1.29 is 9.53 Å². The highest BCUT2D eigenvalue weighted by molar-refractivity contribution is 5.67. The van der Waals surface area contributed by atoms with Gasteiger partial charge in [0.2, 0.25) is 0 Å². The number of ether oxygens (including phenoxy) is 1. The molecule has 0 radical (unpaired) electrons. The van der Waals surface area contributed by atoms with Crippen LogP contribution in [0.3, 0.4) is 0 Å². The van der Waals surface area contributed by atoms with Gasteiger partial charge >= 0.3 is 5.97 Å². The van der Waals surface area contributed by atoms with Crippen LogP contribution in [0.2, 0.25) is 0 Å². The minimum atomic E-state index is -0.247. The van der Waals surface area contributed by atoms with Crippen LogP contribution in [0.1, 0.15) is 33.6 Å². The molecule has 2 nitrogen and oxygen atoms in total. The van der Waals surface area contributed by atoms with E-state index < -0.39 is 0 Å². The zero-order chi connectivity index (χ0) is 9.40. The van der Waals surface area contributed by atoms with Crippen molar-refractivity contribution in [2.75, 3.05) is 0 Å². The van der Waals surface area contributed by atoms with Crippen molar-refractivity contribution in [1.29, 1.82) is 0 Å². The number of hydrogen-bond donors (Lipinski definition) is 0. The van der Waals surface area contributed by atoms with Crippen LogP contribution < -0.4 is 0 Å². The smallest absolute Gasteiger partial charge is 0.307 e. The first-order valence-corrected chi connectivity index (χ1v) is 4.15. The van der Waals surface area contributed by atoms with Crippen LogP contribution in [-0.2, 0) is 9.53 Å². The highest BCUT2D eigenvalue weighted by atomic mass is 16.5. The van der Waals surface area contributed by atoms with Crippen LogP contribution in [0.15, 0.2) is 24.0 Å². The molecule has 0 atom stereocenters. The summed E-state index contributed by atoms with van der Waals surface area (Å²) in [7, 11) is 0. The molecule has 0 aromatic heterocycles. The summed E-state index contributed by atoms with van der Waals surface area (Å²) in [6, 6.07) is 0. The molecule has 0 aliphatic carbocycles. The topological polar surface area (TPSA) is 26.3 Å². The van der Waals surface area contributed by atoms with E-state index in [9.17, 15) is 4.79 Å². The van der Waals surface area contributed by atoms with Gasteiger partial charge in [0.05, 0.1) is 0 Å². The Morgan fingerprint density at radius 1 is 1.42 bits per heavy atom. The van der Waals surface area contributed by atoms with E-state index in [-0.39, 0.29) is 5.97 Å². The van der Waals surface area contributed by atoms with Crippen molar-refractivity contribution in [2.45, 2.75) is 33.6 Å². The number of rotatable bonds is 4. The van der Waals surface area contributed by atoms with Gasteiger partial charge in [-0.1, -0.05) is 12.2 Å². The third kappa shape index (κ3) is 5.71. The summed E-state index contributed by atoms with van der Waals surface area (Å²) >= 11 is 0. The lowest BCUT2D eigenvalue weighted by molar-refractivity contribution is -0.137. The van der Waals surface area contributed by atoms with Gasteiger partial charge in [-0.05, 0) is 26.3 Å². The number of esters is 1. The lowest BCUT2D eigenvalue weighted by Crippen LogP contribution is -1.98. The first-order valence-electron chi connectivity index (χ1n) is 4.15. The molecule has 0 amide bonds. The Hall–Kier alpha value is -1.05. The van der Waals surface area contributed by atoms with Gasteiger partial charge in [0.15, 0.2) is 0 Å². The summed E-state index contributed by atoms with van der Waals surface area (Å²) in [4.78, 5) is 10.6. The molecule has 0 aromatic carbocycles. The Morgan fingerprint density at radius 2 is 2.08 bits per heavy atom. The molecule has 0 bridgehead atoms. The van der Waals surface area contributed by atoms with Crippen molar-refractivity contribution >= 4 is 5.97 Å². The van der Waals surface area contributed by atoms with E-state index in [1.165, 1.54) is 6.92 Å². The van der Waals surface area contributed by atoms with E-state index in [1.807, 2.05) is 32.1 Å². The fourth-order valence-electron chi connectivity index (χ4n) is 0.831. The molecule has 0 spiro atoms. The summed E-state index contributed by atoms with van der Waals surface area (Å²) in [5.74, 6) is 0.504. The van der Waals surface area contributed by atoms with E-state index >= 15 is 0 Å². The molecule has 68 valence electrons. The average Bonchev–Trinajstić information content (AvgIpc) is 2.02. The molecule has 0 aromatic rings. The van der Waals surface area contributed by atoms with Gasteiger partial charge in [0.25, 0.3) is 0 Å². The zero-order valence-corrected chi connectivity index (χ0v) is 7.96. The van der Waals surface area contributed by atoms with Crippen LogP contribution in [0, 0.1) is 0 Å². The largest absolute Gasteiger partial charge is 0.432 e. The van der Waals surface area contributed by atoms with Crippen molar-refractivity contribution in [3.63, 3.8) is 0 Å². The molecule has 0 heterocycles. The Labute approximate surface area is 73.9 Å². The Kier molecular flexibility index (Phi) is 6.07. The van der Waals surface area contributed by atoms with E-state index in [0.717, 1.165) is 18.6 Å². The maximum absolute atomic E-state index is 10.6. The number of carbonyl (C=O) groups excluding carboxylic acids is 1. The van der Waals surface area contributed by atoms with Gasteiger partial charge in [-0.15, -0.1) is 0 Å². The molecule has 0 fully saturated rings. The van der Waals surface area contributed by atoms with Crippen LogP contribution in [0.25, 0.3) is 0 Å². The zero-order valence-electron chi connectivity index (χ0n) is 7.96. The van der Waals surface area contributed by atoms with Crippen LogP contribution in [0.5, 0.6) is 0 Å². The van der Waals surface area contributed by atoms with Crippen molar-refractivity contribution in [2.24, 2.45) is 0 Å². The van der Waals surface area contributed by atoms with Crippen LogP contribution >= 0.6 is 0 Å². The number of hydrogen-bond acceptors (Lipinski definition) is 2. The van der Waals surface area contributed by atoms with E-state index in [0.29, 0.717) is 0 Å². The van der Waals surface area contributed by atoms with Crippen molar-refractivity contribution in [3.05, 3.63) is 24.0 Å². The lowest BCUT2D eigenvalue weighted by Gasteiger charge is -2.03. The highest BCUT2D eigenvalue weighted by Crippen LogP contribution is 2.07. The average molecular weight is 168 g/mol. The van der Waals surface area contributed by atoms with E-state index in [1.54, 1.807) is 0 Å². The minimum absolute atomic E-state index is 0.247. The number of allylic oxidation sites excluding steroid dienone is 4. The van der Waals surface area contributed by atoms with Crippen LogP contribution in [0.4, 0.5) is 0 Å². The summed E-state index contributed by atoms with van der Waals surface area (Å²) in [6.45, 7) is 5.26. The van der Waals surface area contributed by atoms with Crippen molar-refractivity contribution in [1.82, 2.24) is 0 Å². The van der Waals surface area contributed by atoms with E-state index in [4.69, 9.17) is 4.74 Å². The van der Waals surface area contributed by atoms with Gasteiger partial charge in [-0.2, -0.15) is 0 Å². The molecule has 0 rings (SSSR count). The summed E-state index contributed by atoms with van der Waals surface area (Å²) in [6.07, 6.45) is 7.57. The van der Waals surface area contributed by atoms with Crippen LogP contribution in [-0.4, -0.2) is 5.97 Å². The second-order valence-electron chi connectivity index (χ2n) is 2.46. The SMILES string of the molecule is CC=CCCC(=CC)OC(C)=O. The highest BCUT2D eigenvalue weighted by Gasteiger charge is 1.98. The van der Waals surface area contributed by atoms with Gasteiger partial charge in [0.1, 0.15) is 5.76 Å². The fourth-order valence-corrected chi connectivity index (χ4v) is 0.831. The van der Waals surface area contributed by atoms with Crippen molar-refractivity contribution in [3.8, 4) is 0 Å². The van der Waals surface area contributed by atoms with E-state index in [2.05, 4.69) is 0 Å². The molecule has 0 aliphatic rings. The molecular weight excluding hydrogens is 152 g/mol. The lowest BCUT2D eigenvalue weighted by atomic mass is 10.2. The Morgan fingerprint density at radius 3 is 2.50 bits per heavy atom. The quantitative estimate of drug-likeness (QED) is 0.366. The second-order valence-corrected chi connectivity index (χ2v) is 2.46. The summed E-state index contributed by atoms with van der Waals surface area (Å²) < 4.78 is 4.93. The third-order valence-corrected chi connectivity index (χ3v) is 1.39. The Bertz CT molecular complexity index is 190. The molecule has 0 saturated carbocycles. The first-order chi connectivity index (χ1) is 5.70. The third-order valence-electron chi connectivity index (χ3n) is 1.39. The molecule has 0 N–H and O–H groups in total. The predicted octanol–water partition coefficient (Wildman–Crippen LogP) is 2.81. The normalized spacial score (nSPS) is 12.1. The monoisotopic (exact) mass is 168 g/mol. The molecular formula is C10H16O2. The maximum atomic E-state index is 10.6. The predicted molar refractivity (Wildman–Crippen MR) is 49.6 cm³/mol. The standard InChI is InChI=1S/C10H16O2/c1-4-6-7-8-10(5-2)12-9(3)11/h4-6H,7-8H2,1-3H3. The first kappa shape index (κ1) is 11.0. The molecule has 0 saturated heterocycles. The van der Waals surface area contributed by atoms with Gasteiger partial charge in [-0.3, -0.25) is 4.79 Å². The molecule has 12 heavy (non-hydrogen) atoms. The van der Waals surface area contributed by atoms with Gasteiger partial charge < -0.3 is 4.74 Å². The molecule has 2 heteroatoms. The summed E-state index contributed by atoms with van der Waals surface area (Å²) in [5, 5.41) is 0. The molecule has 0 unspecified atom stereocenters. The summed E-state index contributed by atoms with van der Waals surface area (Å²) in [5.41, 5.74) is 0. The number of carbonyl (C=O) groups is 1. The Balaban J connectivity index is 3.77. The molecule has 0 aliphatic heterocycles.